The molecule has 0 saturated heterocycles. The highest BCUT2D eigenvalue weighted by atomic mass is 35.5. The first-order valence-electron chi connectivity index (χ1n) is 10.7. The number of aromatic amines is 1. The van der Waals surface area contributed by atoms with Gasteiger partial charge in [-0.05, 0) is 38.8 Å². The molecule has 0 saturated carbocycles. The predicted octanol–water partition coefficient (Wildman–Crippen LogP) is 2.52. The van der Waals surface area contributed by atoms with Crippen molar-refractivity contribution >= 4 is 25.2 Å². The number of nitrogens with one attached hydrogen (secondary N) is 1. The fourth-order valence-electron chi connectivity index (χ4n) is 4.00. The van der Waals surface area contributed by atoms with Crippen molar-refractivity contribution in [1.82, 2.24) is 14.2 Å². The fourth-order valence-corrected chi connectivity index (χ4v) is 5.35. The second-order valence-electron chi connectivity index (χ2n) is 8.33. The summed E-state index contributed by atoms with van der Waals surface area (Å²) in [5.74, 6) is -0.314. The quantitative estimate of drug-likeness (QED) is 0.0970. The summed E-state index contributed by atoms with van der Waals surface area (Å²) in [5, 5.41) is 11.2. The fraction of sp³-hybridized carbons (Fsp3) is 0.500. The lowest BCUT2D eigenvalue weighted by molar-refractivity contribution is -0.402. The molecule has 35 heavy (non-hydrogen) atoms. The van der Waals surface area contributed by atoms with E-state index >= 15 is 0 Å². The van der Waals surface area contributed by atoms with E-state index in [1.807, 2.05) is 0 Å². The van der Waals surface area contributed by atoms with E-state index in [0.29, 0.717) is 24.3 Å². The number of ether oxygens (including phenoxy) is 1. The van der Waals surface area contributed by atoms with Crippen LogP contribution in [0.15, 0.2) is 44.5 Å². The molecule has 2 aromatic heterocycles. The van der Waals surface area contributed by atoms with E-state index in [2.05, 4.69) is 4.98 Å². The Bertz CT molecular complexity index is 1270. The molecule has 3 rings (SSSR count). The Morgan fingerprint density at radius 3 is 2.63 bits per heavy atom. The van der Waals surface area contributed by atoms with Crippen LogP contribution in [-0.2, 0) is 14.8 Å². The van der Waals surface area contributed by atoms with Crippen LogP contribution in [0.1, 0.15) is 43.7 Å². The van der Waals surface area contributed by atoms with Crippen LogP contribution >= 0.6 is 19.3 Å². The summed E-state index contributed by atoms with van der Waals surface area (Å²) in [7, 11) is -4.88. The maximum atomic E-state index is 12.5. The predicted molar refractivity (Wildman–Crippen MR) is 125 cm³/mol. The average Bonchev–Trinajstić information content (AvgIpc) is 3.43. The summed E-state index contributed by atoms with van der Waals surface area (Å²) in [6, 6.07) is 2.41. The highest BCUT2D eigenvalue weighted by Gasteiger charge is 2.47. The van der Waals surface area contributed by atoms with Crippen LogP contribution in [0.25, 0.3) is 0 Å². The number of H-pyrrole nitrogens is 1. The highest BCUT2D eigenvalue weighted by molar-refractivity contribution is 7.49. The summed E-state index contributed by atoms with van der Waals surface area (Å²) in [5.41, 5.74) is -2.44. The van der Waals surface area contributed by atoms with Gasteiger partial charge in [0.2, 0.25) is 0 Å². The molecule has 3 heterocycles. The van der Waals surface area contributed by atoms with Gasteiger partial charge >= 0.3 is 19.3 Å². The minimum absolute atomic E-state index is 0.0316. The molecule has 3 N–H and O–H groups in total. The van der Waals surface area contributed by atoms with Gasteiger partial charge in [-0.1, -0.05) is 6.08 Å². The number of nitrogens with zero attached hydrogens (tertiary/aromatic N) is 3. The van der Waals surface area contributed by atoms with E-state index in [1.54, 1.807) is 12.2 Å². The molecule has 192 valence electrons. The van der Waals surface area contributed by atoms with E-state index in [9.17, 15) is 34.1 Å². The molecule has 13 nitrogen and oxygen atoms in total. The van der Waals surface area contributed by atoms with Gasteiger partial charge < -0.3 is 18.9 Å². The number of rotatable bonds is 11. The maximum Gasteiger partial charge on any atom is 0.433 e. The normalized spacial score (nSPS) is 19.8. The van der Waals surface area contributed by atoms with Crippen molar-refractivity contribution in [3.63, 3.8) is 0 Å². The van der Waals surface area contributed by atoms with Gasteiger partial charge in [0.1, 0.15) is 10.7 Å². The van der Waals surface area contributed by atoms with E-state index in [0.717, 1.165) is 10.7 Å². The van der Waals surface area contributed by atoms with Crippen molar-refractivity contribution < 1.29 is 28.4 Å². The monoisotopic (exact) mass is 532 g/mol. The summed E-state index contributed by atoms with van der Waals surface area (Å²) >= 11 is 5.73. The smallest absolute Gasteiger partial charge is 0.404 e. The molecule has 0 fully saturated rings. The number of halogens is 1. The zero-order valence-electron chi connectivity index (χ0n) is 19.0. The van der Waals surface area contributed by atoms with Gasteiger partial charge in [-0.25, -0.2) is 9.36 Å². The van der Waals surface area contributed by atoms with Gasteiger partial charge in [0.25, 0.3) is 5.56 Å². The molecule has 3 atom stereocenters. The molecule has 1 aliphatic heterocycles. The minimum atomic E-state index is -4.88. The number of unbranched alkanes of at least 4 members (excludes halogenated alkanes) is 1. The number of alkyl halides is 1. The highest BCUT2D eigenvalue weighted by Crippen LogP contribution is 2.52. The number of nitro groups is 1. The van der Waals surface area contributed by atoms with E-state index in [4.69, 9.17) is 20.8 Å². The lowest BCUT2D eigenvalue weighted by Crippen LogP contribution is -2.44. The molecule has 0 radical (unpaired) electrons. The summed E-state index contributed by atoms with van der Waals surface area (Å²) in [4.78, 5) is 56.9. The first-order chi connectivity index (χ1) is 16.4. The van der Waals surface area contributed by atoms with E-state index in [-0.39, 0.29) is 18.7 Å². The van der Waals surface area contributed by atoms with Crippen molar-refractivity contribution in [3.8, 4) is 0 Å². The molecule has 1 aliphatic rings. The van der Waals surface area contributed by atoms with Crippen molar-refractivity contribution in [2.75, 3.05) is 12.4 Å². The Morgan fingerprint density at radius 2 is 2.03 bits per heavy atom. The molecule has 0 bridgehead atoms. The first-order valence-corrected chi connectivity index (χ1v) is 12.8. The van der Waals surface area contributed by atoms with Gasteiger partial charge in [0, 0.05) is 30.6 Å². The van der Waals surface area contributed by atoms with Crippen molar-refractivity contribution in [2.24, 2.45) is 0 Å². The Hall–Kier alpha value is -2.54. The van der Waals surface area contributed by atoms with Crippen LogP contribution < -0.4 is 11.2 Å². The molecular weight excluding hydrogens is 507 g/mol. The third-order valence-corrected chi connectivity index (χ3v) is 7.30. The summed E-state index contributed by atoms with van der Waals surface area (Å²) in [6.07, 6.45) is 3.67. The Balaban J connectivity index is 1.95. The van der Waals surface area contributed by atoms with Crippen LogP contribution in [0.4, 0.5) is 5.88 Å². The SMILES string of the molecule is Cc1cn(C2C=CC(CC(C)(c3ccc([N+](=O)[O-])o3)N(CCCCCl)P(=O)(O)O)O2)c(=O)[nH]c1=O. The number of hydrogen-bond acceptors (Lipinski definition) is 7. The van der Waals surface area contributed by atoms with Crippen LogP contribution in [0.2, 0.25) is 0 Å². The lowest BCUT2D eigenvalue weighted by atomic mass is 9.91. The molecule has 0 aromatic carbocycles. The molecule has 0 aliphatic carbocycles. The lowest BCUT2D eigenvalue weighted by Gasteiger charge is -2.40. The Labute approximate surface area is 204 Å². The Morgan fingerprint density at radius 1 is 1.31 bits per heavy atom. The largest absolute Gasteiger partial charge is 0.433 e. The molecule has 0 amide bonds. The van der Waals surface area contributed by atoms with Gasteiger partial charge in [-0.3, -0.25) is 24.5 Å². The van der Waals surface area contributed by atoms with Gasteiger partial charge in [-0.2, -0.15) is 4.67 Å². The maximum absolute atomic E-state index is 12.5. The van der Waals surface area contributed by atoms with Crippen molar-refractivity contribution in [3.05, 3.63) is 72.8 Å². The number of aromatic nitrogens is 2. The van der Waals surface area contributed by atoms with Crippen LogP contribution in [0.5, 0.6) is 0 Å². The third-order valence-electron chi connectivity index (χ3n) is 5.76. The summed E-state index contributed by atoms with van der Waals surface area (Å²) in [6.45, 7) is 2.96. The molecule has 15 heteroatoms. The zero-order chi connectivity index (χ0) is 26.0. The second-order valence-corrected chi connectivity index (χ2v) is 10.2. The van der Waals surface area contributed by atoms with Crippen LogP contribution in [0, 0.1) is 17.0 Å². The van der Waals surface area contributed by atoms with Crippen molar-refractivity contribution in [1.29, 1.82) is 0 Å². The number of aryl methyl sites for hydroxylation is 1. The first kappa shape index (κ1) is 27.1. The second kappa shape index (κ2) is 10.6. The third kappa shape index (κ3) is 6.00. The molecular formula is C20H26ClN4O9P. The van der Waals surface area contributed by atoms with Gasteiger partial charge in [-0.15, -0.1) is 11.6 Å². The standard InChI is InChI=1S/C20H26ClN4O9P/c1-13-12-23(19(27)22-18(13)26)16-7-5-14(33-16)11-20(2,15-6-8-17(34-15)25(28)29)24(35(30,31)32)10-4-3-9-21/h5-8,12,14,16H,3-4,9-11H2,1-2H3,(H,22,26,27)(H2,30,31,32). The molecule has 2 aromatic rings. The Kier molecular flexibility index (Phi) is 8.20. The number of furan rings is 1. The zero-order valence-corrected chi connectivity index (χ0v) is 20.6. The van der Waals surface area contributed by atoms with Gasteiger partial charge in [0.15, 0.2) is 6.23 Å². The molecule has 3 unspecified atom stereocenters. The van der Waals surface area contributed by atoms with Crippen LogP contribution in [0.3, 0.4) is 0 Å². The van der Waals surface area contributed by atoms with Crippen molar-refractivity contribution in [2.45, 2.75) is 51.0 Å². The van der Waals surface area contributed by atoms with E-state index < -0.39 is 47.7 Å². The number of hydrogen-bond donors (Lipinski definition) is 3. The topological polar surface area (TPSA) is 181 Å². The molecule has 0 spiro atoms. The summed E-state index contributed by atoms with van der Waals surface area (Å²) < 4.78 is 26.0. The van der Waals surface area contributed by atoms with E-state index in [1.165, 1.54) is 30.7 Å². The minimum Gasteiger partial charge on any atom is -0.404 e. The van der Waals surface area contributed by atoms with Crippen LogP contribution in [-0.4, -0.2) is 47.5 Å². The van der Waals surface area contributed by atoms with Gasteiger partial charge in [0.05, 0.1) is 17.7 Å². The average molecular weight is 533 g/mol.